The van der Waals surface area contributed by atoms with Crippen molar-refractivity contribution in [3.8, 4) is 5.75 Å². The van der Waals surface area contributed by atoms with Crippen molar-refractivity contribution in [2.24, 2.45) is 0 Å². The van der Waals surface area contributed by atoms with Crippen LogP contribution < -0.4 is 10.5 Å². The fraction of sp³-hybridized carbons (Fsp3) is 0.188. The summed E-state index contributed by atoms with van der Waals surface area (Å²) in [7, 11) is 3.24. The zero-order valence-electron chi connectivity index (χ0n) is 12.0. The van der Waals surface area contributed by atoms with Gasteiger partial charge in [-0.05, 0) is 29.8 Å². The fourth-order valence-electron chi connectivity index (χ4n) is 2.09. The van der Waals surface area contributed by atoms with Crippen LogP contribution in [-0.4, -0.2) is 25.0 Å². The number of nitrogens with zero attached hydrogens (tertiary/aromatic N) is 1. The van der Waals surface area contributed by atoms with Crippen LogP contribution in [0.15, 0.2) is 42.5 Å². The van der Waals surface area contributed by atoms with E-state index in [9.17, 15) is 4.79 Å². The lowest BCUT2D eigenvalue weighted by atomic mass is 10.1. The number of rotatable bonds is 4. The van der Waals surface area contributed by atoms with E-state index in [0.717, 1.165) is 5.56 Å². The van der Waals surface area contributed by atoms with Gasteiger partial charge in [-0.3, -0.25) is 4.79 Å². The predicted octanol–water partition coefficient (Wildman–Crippen LogP) is 3.20. The number of halogens is 1. The van der Waals surface area contributed by atoms with Gasteiger partial charge in [0.05, 0.1) is 18.4 Å². The van der Waals surface area contributed by atoms with Crippen LogP contribution in [0.25, 0.3) is 0 Å². The van der Waals surface area contributed by atoms with Gasteiger partial charge in [0, 0.05) is 18.6 Å². The second-order valence-electron chi connectivity index (χ2n) is 4.72. The molecule has 2 aromatic carbocycles. The van der Waals surface area contributed by atoms with E-state index >= 15 is 0 Å². The number of benzene rings is 2. The summed E-state index contributed by atoms with van der Waals surface area (Å²) >= 11 is 5.85. The molecule has 0 bridgehead atoms. The van der Waals surface area contributed by atoms with Crippen LogP contribution in [-0.2, 0) is 6.54 Å². The molecule has 0 aliphatic carbocycles. The highest BCUT2D eigenvalue weighted by Crippen LogP contribution is 2.27. The zero-order chi connectivity index (χ0) is 15.4. The highest BCUT2D eigenvalue weighted by atomic mass is 35.5. The Labute approximate surface area is 129 Å². The van der Waals surface area contributed by atoms with Crippen molar-refractivity contribution in [3.63, 3.8) is 0 Å². The Kier molecular flexibility index (Phi) is 4.70. The van der Waals surface area contributed by atoms with Crippen LogP contribution in [0.5, 0.6) is 5.75 Å². The van der Waals surface area contributed by atoms with E-state index in [1.807, 2.05) is 12.1 Å². The smallest absolute Gasteiger partial charge is 0.257 e. The van der Waals surface area contributed by atoms with Crippen molar-refractivity contribution in [1.82, 2.24) is 4.90 Å². The minimum atomic E-state index is -0.144. The number of hydrogen-bond acceptors (Lipinski definition) is 3. The number of anilines is 1. The van der Waals surface area contributed by atoms with Crippen molar-refractivity contribution < 1.29 is 9.53 Å². The SMILES string of the molecule is COc1c(N)cccc1C(=O)N(C)Cc1ccc(Cl)cc1. The predicted molar refractivity (Wildman–Crippen MR) is 84.7 cm³/mol. The Morgan fingerprint density at radius 1 is 1.24 bits per heavy atom. The molecule has 0 fully saturated rings. The normalized spacial score (nSPS) is 10.2. The average Bonchev–Trinajstić information content (AvgIpc) is 2.48. The molecule has 0 spiro atoms. The molecular weight excluding hydrogens is 288 g/mol. The summed E-state index contributed by atoms with van der Waals surface area (Å²) in [6.07, 6.45) is 0. The third-order valence-electron chi connectivity index (χ3n) is 3.16. The molecule has 0 radical (unpaired) electrons. The number of ether oxygens (including phenoxy) is 1. The van der Waals surface area contributed by atoms with Crippen LogP contribution in [0.3, 0.4) is 0 Å². The highest BCUT2D eigenvalue weighted by molar-refractivity contribution is 6.30. The van der Waals surface area contributed by atoms with Crippen molar-refractivity contribution in [2.75, 3.05) is 19.9 Å². The molecule has 5 heteroatoms. The Morgan fingerprint density at radius 2 is 1.90 bits per heavy atom. The lowest BCUT2D eigenvalue weighted by Crippen LogP contribution is -2.26. The van der Waals surface area contributed by atoms with Gasteiger partial charge < -0.3 is 15.4 Å². The third-order valence-corrected chi connectivity index (χ3v) is 3.41. The van der Waals surface area contributed by atoms with Crippen molar-refractivity contribution >= 4 is 23.2 Å². The molecule has 2 N–H and O–H groups in total. The number of amides is 1. The molecule has 0 unspecified atom stereocenters. The Balaban J connectivity index is 2.19. The molecule has 0 aromatic heterocycles. The van der Waals surface area contributed by atoms with Gasteiger partial charge in [-0.1, -0.05) is 29.8 Å². The van der Waals surface area contributed by atoms with Crippen LogP contribution in [0, 0.1) is 0 Å². The largest absolute Gasteiger partial charge is 0.494 e. The van der Waals surface area contributed by atoms with Gasteiger partial charge in [0.15, 0.2) is 5.75 Å². The molecule has 2 rings (SSSR count). The molecular formula is C16H17ClN2O2. The monoisotopic (exact) mass is 304 g/mol. The van der Waals surface area contributed by atoms with Crippen molar-refractivity contribution in [1.29, 1.82) is 0 Å². The molecule has 0 saturated carbocycles. The second-order valence-corrected chi connectivity index (χ2v) is 5.15. The summed E-state index contributed by atoms with van der Waals surface area (Å²) in [5, 5.41) is 0.672. The standard InChI is InChI=1S/C16H17ClN2O2/c1-19(10-11-6-8-12(17)9-7-11)16(20)13-4-3-5-14(18)15(13)21-2/h3-9H,10,18H2,1-2H3. The van der Waals surface area contributed by atoms with E-state index in [1.165, 1.54) is 7.11 Å². The number of nitrogen functional groups attached to an aromatic ring is 1. The van der Waals surface area contributed by atoms with Gasteiger partial charge in [-0.15, -0.1) is 0 Å². The molecule has 0 aliphatic heterocycles. The van der Waals surface area contributed by atoms with E-state index in [0.29, 0.717) is 28.6 Å². The summed E-state index contributed by atoms with van der Waals surface area (Å²) in [5.41, 5.74) is 7.73. The van der Waals surface area contributed by atoms with Crippen molar-refractivity contribution in [3.05, 3.63) is 58.6 Å². The molecule has 21 heavy (non-hydrogen) atoms. The summed E-state index contributed by atoms with van der Waals surface area (Å²) in [4.78, 5) is 14.1. The average molecular weight is 305 g/mol. The van der Waals surface area contributed by atoms with Gasteiger partial charge in [-0.2, -0.15) is 0 Å². The molecule has 2 aromatic rings. The second kappa shape index (κ2) is 6.50. The minimum Gasteiger partial charge on any atom is -0.494 e. The third kappa shape index (κ3) is 3.47. The topological polar surface area (TPSA) is 55.6 Å². The maximum atomic E-state index is 12.5. The first-order valence-corrected chi connectivity index (χ1v) is 6.83. The van der Waals surface area contributed by atoms with Gasteiger partial charge in [0.25, 0.3) is 5.91 Å². The quantitative estimate of drug-likeness (QED) is 0.883. The molecule has 110 valence electrons. The van der Waals surface area contributed by atoms with Gasteiger partial charge in [0.2, 0.25) is 0 Å². The first kappa shape index (κ1) is 15.2. The van der Waals surface area contributed by atoms with E-state index in [-0.39, 0.29) is 5.91 Å². The van der Waals surface area contributed by atoms with Gasteiger partial charge in [-0.25, -0.2) is 0 Å². The van der Waals surface area contributed by atoms with Crippen LogP contribution in [0.1, 0.15) is 15.9 Å². The zero-order valence-corrected chi connectivity index (χ0v) is 12.7. The Hall–Kier alpha value is -2.20. The summed E-state index contributed by atoms with van der Waals surface area (Å²) in [5.74, 6) is 0.263. The first-order chi connectivity index (χ1) is 10.0. The number of hydrogen-bond donors (Lipinski definition) is 1. The van der Waals surface area contributed by atoms with Gasteiger partial charge >= 0.3 is 0 Å². The van der Waals surface area contributed by atoms with Crippen molar-refractivity contribution in [2.45, 2.75) is 6.54 Å². The van der Waals surface area contributed by atoms with E-state index in [2.05, 4.69) is 0 Å². The van der Waals surface area contributed by atoms with E-state index in [4.69, 9.17) is 22.1 Å². The fourth-order valence-corrected chi connectivity index (χ4v) is 2.22. The molecule has 0 heterocycles. The summed E-state index contributed by atoms with van der Waals surface area (Å²) < 4.78 is 5.22. The number of carbonyl (C=O) groups is 1. The number of para-hydroxylation sites is 1. The van der Waals surface area contributed by atoms with Crippen LogP contribution >= 0.6 is 11.6 Å². The number of methoxy groups -OCH3 is 1. The number of carbonyl (C=O) groups excluding carboxylic acids is 1. The van der Waals surface area contributed by atoms with E-state index < -0.39 is 0 Å². The Bertz CT molecular complexity index is 641. The Morgan fingerprint density at radius 3 is 2.52 bits per heavy atom. The highest BCUT2D eigenvalue weighted by Gasteiger charge is 2.18. The molecule has 1 amide bonds. The van der Waals surface area contributed by atoms with Crippen LogP contribution in [0.4, 0.5) is 5.69 Å². The molecule has 0 aliphatic rings. The molecule has 0 atom stereocenters. The first-order valence-electron chi connectivity index (χ1n) is 6.45. The minimum absolute atomic E-state index is 0.144. The van der Waals surface area contributed by atoms with Crippen LogP contribution in [0.2, 0.25) is 5.02 Å². The number of nitrogens with two attached hydrogens (primary N) is 1. The van der Waals surface area contributed by atoms with E-state index in [1.54, 1.807) is 42.3 Å². The molecule has 4 nitrogen and oxygen atoms in total. The summed E-state index contributed by atoms with van der Waals surface area (Å²) in [6.45, 7) is 0.480. The molecule has 0 saturated heterocycles. The maximum absolute atomic E-state index is 12.5. The lowest BCUT2D eigenvalue weighted by Gasteiger charge is -2.19. The lowest BCUT2D eigenvalue weighted by molar-refractivity contribution is 0.0782. The maximum Gasteiger partial charge on any atom is 0.257 e. The van der Waals surface area contributed by atoms with Gasteiger partial charge in [0.1, 0.15) is 0 Å². The summed E-state index contributed by atoms with van der Waals surface area (Å²) in [6, 6.07) is 12.5.